The molecule has 4 aliphatic rings. The van der Waals surface area contributed by atoms with Crippen molar-refractivity contribution < 1.29 is 0 Å². The van der Waals surface area contributed by atoms with Crippen LogP contribution in [0.5, 0.6) is 0 Å². The van der Waals surface area contributed by atoms with Gasteiger partial charge >= 0.3 is 0 Å². The molecule has 0 heterocycles. The molecule has 10 unspecified atom stereocenters. The maximum Gasteiger partial charge on any atom is 0.0449 e. The number of allylic oxidation sites excluding steroid dienone is 2. The van der Waals surface area contributed by atoms with Crippen LogP contribution in [0, 0.1) is 58.2 Å². The normalized spacial score (nSPS) is 39.4. The van der Waals surface area contributed by atoms with Gasteiger partial charge in [-0.05, 0) is 122 Å². The van der Waals surface area contributed by atoms with E-state index in [0.29, 0.717) is 10.8 Å². The van der Waals surface area contributed by atoms with Crippen LogP contribution >= 0.6 is 21.6 Å². The van der Waals surface area contributed by atoms with E-state index in [-0.39, 0.29) is 0 Å². The summed E-state index contributed by atoms with van der Waals surface area (Å²) in [7, 11) is 5.99. The molecule has 3 N–H and O–H groups in total. The van der Waals surface area contributed by atoms with Gasteiger partial charge in [0.2, 0.25) is 0 Å². The molecule has 41 heavy (non-hydrogen) atoms. The lowest BCUT2D eigenvalue weighted by Crippen LogP contribution is -2.52. The number of nitrogens with one attached hydrogen (secondary N) is 1. The van der Waals surface area contributed by atoms with Crippen molar-refractivity contribution in [3.05, 3.63) is 23.5 Å². The Morgan fingerprint density at radius 1 is 1.07 bits per heavy atom. The van der Waals surface area contributed by atoms with Crippen LogP contribution in [0.25, 0.3) is 0 Å². The van der Waals surface area contributed by atoms with Crippen molar-refractivity contribution in [1.82, 2.24) is 5.32 Å². The molecule has 3 saturated carbocycles. The molecule has 0 bridgehead atoms. The Morgan fingerprint density at radius 3 is 2.59 bits per heavy atom. The highest BCUT2D eigenvalue weighted by Crippen LogP contribution is 2.64. The van der Waals surface area contributed by atoms with Gasteiger partial charge in [-0.15, -0.1) is 0 Å². The van der Waals surface area contributed by atoms with Gasteiger partial charge in [-0.25, -0.2) is 0 Å². The van der Waals surface area contributed by atoms with Gasteiger partial charge in [-0.3, -0.25) is 0 Å². The minimum absolute atomic E-state index is 0.416. The summed E-state index contributed by atoms with van der Waals surface area (Å²) in [6.07, 6.45) is 23.2. The van der Waals surface area contributed by atoms with Crippen LogP contribution in [0.15, 0.2) is 23.5 Å². The van der Waals surface area contributed by atoms with Crippen molar-refractivity contribution in [2.45, 2.75) is 137 Å². The molecule has 4 rings (SSSR count). The zero-order valence-corrected chi connectivity index (χ0v) is 29.8. The zero-order valence-electron chi connectivity index (χ0n) is 28.1. The van der Waals surface area contributed by atoms with Crippen LogP contribution in [0.3, 0.4) is 0 Å². The van der Waals surface area contributed by atoms with Crippen LogP contribution < -0.4 is 11.1 Å². The molecule has 4 heteroatoms. The van der Waals surface area contributed by atoms with Gasteiger partial charge in [-0.2, -0.15) is 0 Å². The third-order valence-corrected chi connectivity index (χ3v) is 15.5. The average molecular weight is 603 g/mol. The predicted octanol–water partition coefficient (Wildman–Crippen LogP) is 10.8. The summed E-state index contributed by atoms with van der Waals surface area (Å²) >= 11 is 0. The molecule has 0 aromatic heterocycles. The SMILES string of the molecule is CN/C=C(\N)CSSC1CCC2=CCC3C(CC2(C)CC1)C(C)CC1(C)C(C(C)CC(C)CCC(C)C)CCCC31. The highest BCUT2D eigenvalue weighted by atomic mass is 33.1. The summed E-state index contributed by atoms with van der Waals surface area (Å²) in [5, 5.41) is 3.82. The summed E-state index contributed by atoms with van der Waals surface area (Å²) in [4.78, 5) is 0. The maximum atomic E-state index is 6.12. The standard InChI is InChI=1S/C37H66N2S2/c1-25(2)12-13-26(3)20-27(4)34-10-9-11-35-32-17-15-29-14-16-31(41-40-24-30(38)23-39-8)18-19-36(29,6)22-33(32)28(5)21-37(34,35)7/h15,23,25-28,31-35,39H,9-14,16-22,24,38H2,1-8H3/b30-23-. The largest absolute Gasteiger partial charge is 0.400 e. The van der Waals surface area contributed by atoms with Gasteiger partial charge in [-0.1, -0.05) is 101 Å². The Kier molecular flexibility index (Phi) is 12.1. The van der Waals surface area contributed by atoms with Gasteiger partial charge < -0.3 is 11.1 Å². The van der Waals surface area contributed by atoms with Gasteiger partial charge in [0.25, 0.3) is 0 Å². The molecule has 0 amide bonds. The lowest BCUT2D eigenvalue weighted by molar-refractivity contribution is -0.107. The van der Waals surface area contributed by atoms with E-state index in [1.54, 1.807) is 0 Å². The fourth-order valence-electron chi connectivity index (χ4n) is 10.5. The number of hydrogen-bond donors (Lipinski definition) is 2. The summed E-state index contributed by atoms with van der Waals surface area (Å²) in [6, 6.07) is 0. The van der Waals surface area contributed by atoms with E-state index >= 15 is 0 Å². The second kappa shape index (κ2) is 14.7. The minimum atomic E-state index is 0.416. The van der Waals surface area contributed by atoms with E-state index < -0.39 is 0 Å². The molecule has 0 saturated heterocycles. The Bertz CT molecular complexity index is 897. The summed E-state index contributed by atoms with van der Waals surface area (Å²) in [5.41, 5.74) is 9.86. The van der Waals surface area contributed by atoms with E-state index in [1.165, 1.54) is 83.5 Å². The van der Waals surface area contributed by atoms with Crippen molar-refractivity contribution in [1.29, 1.82) is 0 Å². The molecule has 236 valence electrons. The molecule has 0 spiro atoms. The molecule has 10 atom stereocenters. The van der Waals surface area contributed by atoms with Gasteiger partial charge in [0.1, 0.15) is 0 Å². The first-order chi connectivity index (χ1) is 19.5. The average Bonchev–Trinajstić information content (AvgIpc) is 3.15. The molecule has 0 aromatic rings. The van der Waals surface area contributed by atoms with Gasteiger partial charge in [0, 0.05) is 29.9 Å². The van der Waals surface area contributed by atoms with E-state index in [9.17, 15) is 0 Å². The van der Waals surface area contributed by atoms with Crippen molar-refractivity contribution in [3.63, 3.8) is 0 Å². The van der Waals surface area contributed by atoms with Crippen LogP contribution in [0.2, 0.25) is 0 Å². The topological polar surface area (TPSA) is 38.0 Å². The first-order valence-electron chi connectivity index (χ1n) is 17.6. The number of hydrogen-bond acceptors (Lipinski definition) is 4. The lowest BCUT2D eigenvalue weighted by Gasteiger charge is -2.60. The highest BCUT2D eigenvalue weighted by Gasteiger charge is 2.56. The minimum Gasteiger partial charge on any atom is -0.400 e. The number of nitrogens with two attached hydrogens (primary N) is 1. The second-order valence-electron chi connectivity index (χ2n) is 16.2. The first-order valence-corrected chi connectivity index (χ1v) is 19.9. The van der Waals surface area contributed by atoms with Crippen molar-refractivity contribution >= 4 is 21.6 Å². The third kappa shape index (κ3) is 8.09. The fourth-order valence-corrected chi connectivity index (χ4v) is 13.2. The van der Waals surface area contributed by atoms with E-state index in [1.807, 2.05) is 29.6 Å². The fraction of sp³-hybridized carbons (Fsp3) is 0.892. The lowest BCUT2D eigenvalue weighted by atomic mass is 9.45. The summed E-state index contributed by atoms with van der Waals surface area (Å²) in [6.45, 7) is 18.1. The molecule has 4 aliphatic carbocycles. The molecule has 3 fully saturated rings. The van der Waals surface area contributed by atoms with Crippen LogP contribution in [0.1, 0.15) is 132 Å². The highest BCUT2D eigenvalue weighted by molar-refractivity contribution is 8.77. The van der Waals surface area contributed by atoms with Crippen molar-refractivity contribution in [2.24, 2.45) is 63.9 Å². The third-order valence-electron chi connectivity index (χ3n) is 12.6. The van der Waals surface area contributed by atoms with Crippen molar-refractivity contribution in [2.75, 3.05) is 12.8 Å². The zero-order chi connectivity index (χ0) is 29.8. The van der Waals surface area contributed by atoms with E-state index in [4.69, 9.17) is 5.73 Å². The molecule has 0 radical (unpaired) electrons. The monoisotopic (exact) mass is 602 g/mol. The quantitative estimate of drug-likeness (QED) is 0.182. The Hall–Kier alpha value is -0.220. The van der Waals surface area contributed by atoms with E-state index in [2.05, 4.69) is 70.7 Å². The second-order valence-corrected chi connectivity index (χ2v) is 18.9. The molecule has 2 nitrogen and oxygen atoms in total. The molecular formula is C37H66N2S2. The van der Waals surface area contributed by atoms with Crippen LogP contribution in [0.4, 0.5) is 0 Å². The van der Waals surface area contributed by atoms with Crippen LogP contribution in [-0.4, -0.2) is 18.1 Å². The Labute approximate surface area is 263 Å². The maximum absolute atomic E-state index is 6.12. The van der Waals surface area contributed by atoms with Crippen LogP contribution in [-0.2, 0) is 0 Å². The van der Waals surface area contributed by atoms with E-state index in [0.717, 1.165) is 64.0 Å². The predicted molar refractivity (Wildman–Crippen MR) is 186 cm³/mol. The Balaban J connectivity index is 1.44. The smallest absolute Gasteiger partial charge is 0.0449 e. The first kappa shape index (κ1) is 33.7. The number of rotatable bonds is 11. The number of fused-ring (bicyclic) bond motifs is 4. The van der Waals surface area contributed by atoms with Crippen molar-refractivity contribution in [3.8, 4) is 0 Å². The molecular weight excluding hydrogens is 537 g/mol. The molecule has 0 aromatic carbocycles. The molecule has 0 aliphatic heterocycles. The summed E-state index contributed by atoms with van der Waals surface area (Å²) in [5.74, 6) is 8.06. The van der Waals surface area contributed by atoms with Gasteiger partial charge in [0.15, 0.2) is 0 Å². The Morgan fingerprint density at radius 2 is 1.85 bits per heavy atom. The summed E-state index contributed by atoms with van der Waals surface area (Å²) < 4.78 is 0. The van der Waals surface area contributed by atoms with Gasteiger partial charge in [0.05, 0.1) is 0 Å².